The SMILES string of the molecule is CC(Br)CC(C)(C)c1ccc2ccccc2c1. The minimum Gasteiger partial charge on any atom is -0.0893 e. The molecule has 1 heteroatoms. The molecule has 1 unspecified atom stereocenters. The van der Waals surface area contributed by atoms with Crippen molar-refractivity contribution in [2.24, 2.45) is 0 Å². The number of hydrogen-bond donors (Lipinski definition) is 0. The third-order valence-corrected chi connectivity index (χ3v) is 3.65. The summed E-state index contributed by atoms with van der Waals surface area (Å²) in [6.45, 7) is 6.84. The van der Waals surface area contributed by atoms with Crippen LogP contribution in [-0.4, -0.2) is 4.83 Å². The van der Waals surface area contributed by atoms with Crippen LogP contribution in [0.25, 0.3) is 10.8 Å². The molecule has 0 aliphatic carbocycles. The highest BCUT2D eigenvalue weighted by Gasteiger charge is 2.22. The standard InChI is InChI=1S/C16H19Br/c1-12(17)11-16(2,3)15-9-8-13-6-4-5-7-14(13)10-15/h4-10,12H,11H2,1-3H3. The lowest BCUT2D eigenvalue weighted by atomic mass is 9.80. The quantitative estimate of drug-likeness (QED) is 0.674. The molecule has 0 fully saturated rings. The van der Waals surface area contributed by atoms with Gasteiger partial charge in [-0.1, -0.05) is 79.2 Å². The van der Waals surface area contributed by atoms with Crippen LogP contribution in [0.15, 0.2) is 42.5 Å². The van der Waals surface area contributed by atoms with Gasteiger partial charge >= 0.3 is 0 Å². The van der Waals surface area contributed by atoms with E-state index in [1.807, 2.05) is 0 Å². The van der Waals surface area contributed by atoms with Crippen molar-refractivity contribution in [1.29, 1.82) is 0 Å². The van der Waals surface area contributed by atoms with Crippen molar-refractivity contribution in [2.45, 2.75) is 37.4 Å². The Kier molecular flexibility index (Phi) is 3.58. The summed E-state index contributed by atoms with van der Waals surface area (Å²) in [4.78, 5) is 0.545. The second-order valence-corrected chi connectivity index (χ2v) is 6.99. The molecule has 0 bridgehead atoms. The lowest BCUT2D eigenvalue weighted by Crippen LogP contribution is -2.20. The fourth-order valence-corrected chi connectivity index (χ4v) is 3.24. The van der Waals surface area contributed by atoms with Crippen LogP contribution in [0.3, 0.4) is 0 Å². The fourth-order valence-electron chi connectivity index (χ4n) is 2.43. The lowest BCUT2D eigenvalue weighted by Gasteiger charge is -2.27. The van der Waals surface area contributed by atoms with Gasteiger partial charge in [-0.3, -0.25) is 0 Å². The first-order valence-electron chi connectivity index (χ1n) is 6.12. The normalized spacial score (nSPS) is 13.9. The Labute approximate surface area is 112 Å². The first-order valence-corrected chi connectivity index (χ1v) is 7.04. The van der Waals surface area contributed by atoms with Crippen LogP contribution in [0, 0.1) is 0 Å². The van der Waals surface area contributed by atoms with Crippen molar-refractivity contribution in [3.63, 3.8) is 0 Å². The van der Waals surface area contributed by atoms with E-state index in [1.165, 1.54) is 16.3 Å². The molecule has 2 aromatic carbocycles. The summed E-state index contributed by atoms with van der Waals surface area (Å²) in [6, 6.07) is 15.4. The average molecular weight is 291 g/mol. The molecule has 2 rings (SSSR count). The molecule has 0 N–H and O–H groups in total. The van der Waals surface area contributed by atoms with Crippen molar-refractivity contribution in [1.82, 2.24) is 0 Å². The van der Waals surface area contributed by atoms with Crippen LogP contribution in [0.4, 0.5) is 0 Å². The first-order chi connectivity index (χ1) is 7.99. The van der Waals surface area contributed by atoms with Gasteiger partial charge < -0.3 is 0 Å². The highest BCUT2D eigenvalue weighted by molar-refractivity contribution is 9.09. The number of benzene rings is 2. The Balaban J connectivity index is 2.42. The molecule has 0 spiro atoms. The molecule has 17 heavy (non-hydrogen) atoms. The summed E-state index contributed by atoms with van der Waals surface area (Å²) in [5.74, 6) is 0. The molecule has 1 atom stereocenters. The third kappa shape index (κ3) is 2.90. The molecule has 0 heterocycles. The number of fused-ring (bicyclic) bond motifs is 1. The highest BCUT2D eigenvalue weighted by atomic mass is 79.9. The molecule has 0 saturated heterocycles. The van der Waals surface area contributed by atoms with Crippen molar-refractivity contribution in [3.8, 4) is 0 Å². The first kappa shape index (κ1) is 12.6. The van der Waals surface area contributed by atoms with Gasteiger partial charge in [0.15, 0.2) is 0 Å². The molecule has 0 nitrogen and oxygen atoms in total. The van der Waals surface area contributed by atoms with E-state index in [0.29, 0.717) is 4.83 Å². The molecule has 0 radical (unpaired) electrons. The summed E-state index contributed by atoms with van der Waals surface area (Å²) in [5, 5.41) is 2.65. The number of halogens is 1. The molecule has 0 aliphatic rings. The Bertz CT molecular complexity index is 512. The van der Waals surface area contributed by atoms with Crippen LogP contribution in [0.2, 0.25) is 0 Å². The Morgan fingerprint density at radius 1 is 1.06 bits per heavy atom. The van der Waals surface area contributed by atoms with Gasteiger partial charge in [-0.05, 0) is 28.2 Å². The summed E-state index contributed by atoms with van der Waals surface area (Å²) < 4.78 is 0. The topological polar surface area (TPSA) is 0 Å². The zero-order valence-corrected chi connectivity index (χ0v) is 12.3. The predicted octanol–water partition coefficient (Wildman–Crippen LogP) is 5.29. The number of hydrogen-bond acceptors (Lipinski definition) is 0. The van der Waals surface area contributed by atoms with Crippen LogP contribution in [0.1, 0.15) is 32.8 Å². The maximum atomic E-state index is 3.66. The molecular weight excluding hydrogens is 272 g/mol. The monoisotopic (exact) mass is 290 g/mol. The summed E-state index contributed by atoms with van der Waals surface area (Å²) in [7, 11) is 0. The van der Waals surface area contributed by atoms with Gasteiger partial charge in [-0.25, -0.2) is 0 Å². The van der Waals surface area contributed by atoms with Crippen molar-refractivity contribution in [2.75, 3.05) is 0 Å². The van der Waals surface area contributed by atoms with E-state index in [0.717, 1.165) is 6.42 Å². The second-order valence-electron chi connectivity index (χ2n) is 5.43. The van der Waals surface area contributed by atoms with Gasteiger partial charge in [-0.15, -0.1) is 0 Å². The molecule has 0 aliphatic heterocycles. The van der Waals surface area contributed by atoms with Gasteiger partial charge in [0.2, 0.25) is 0 Å². The summed E-state index contributed by atoms with van der Waals surface area (Å²) >= 11 is 3.66. The predicted molar refractivity (Wildman–Crippen MR) is 80.0 cm³/mol. The van der Waals surface area contributed by atoms with Gasteiger partial charge in [0.05, 0.1) is 0 Å². The third-order valence-electron chi connectivity index (χ3n) is 3.32. The van der Waals surface area contributed by atoms with Crippen molar-refractivity contribution in [3.05, 3.63) is 48.0 Å². The van der Waals surface area contributed by atoms with Crippen LogP contribution < -0.4 is 0 Å². The Morgan fingerprint density at radius 3 is 2.35 bits per heavy atom. The zero-order valence-electron chi connectivity index (χ0n) is 10.7. The zero-order chi connectivity index (χ0) is 12.5. The van der Waals surface area contributed by atoms with Gasteiger partial charge in [0.25, 0.3) is 0 Å². The smallest absolute Gasteiger partial charge is 0.0125 e. The molecular formula is C16H19Br. The summed E-state index contributed by atoms with van der Waals surface area (Å²) in [6.07, 6.45) is 1.14. The molecule has 0 amide bonds. The summed E-state index contributed by atoms with van der Waals surface area (Å²) in [5.41, 5.74) is 1.63. The molecule has 2 aromatic rings. The lowest BCUT2D eigenvalue weighted by molar-refractivity contribution is 0.483. The second kappa shape index (κ2) is 4.81. The van der Waals surface area contributed by atoms with E-state index in [-0.39, 0.29) is 5.41 Å². The number of alkyl halides is 1. The molecule has 0 aromatic heterocycles. The Morgan fingerprint density at radius 2 is 1.71 bits per heavy atom. The van der Waals surface area contributed by atoms with E-state index in [9.17, 15) is 0 Å². The minimum atomic E-state index is 0.215. The fraction of sp³-hybridized carbons (Fsp3) is 0.375. The van der Waals surface area contributed by atoms with Crippen LogP contribution in [-0.2, 0) is 5.41 Å². The van der Waals surface area contributed by atoms with Gasteiger partial charge in [-0.2, -0.15) is 0 Å². The van der Waals surface area contributed by atoms with E-state index in [1.54, 1.807) is 0 Å². The van der Waals surface area contributed by atoms with E-state index in [2.05, 4.69) is 79.2 Å². The van der Waals surface area contributed by atoms with E-state index >= 15 is 0 Å². The van der Waals surface area contributed by atoms with Crippen LogP contribution in [0.5, 0.6) is 0 Å². The maximum absolute atomic E-state index is 3.66. The molecule has 0 saturated carbocycles. The number of rotatable bonds is 3. The van der Waals surface area contributed by atoms with E-state index in [4.69, 9.17) is 0 Å². The maximum Gasteiger partial charge on any atom is 0.0125 e. The van der Waals surface area contributed by atoms with Crippen LogP contribution >= 0.6 is 15.9 Å². The van der Waals surface area contributed by atoms with Crippen molar-refractivity contribution < 1.29 is 0 Å². The highest BCUT2D eigenvalue weighted by Crippen LogP contribution is 2.32. The van der Waals surface area contributed by atoms with Gasteiger partial charge in [0, 0.05) is 4.83 Å². The Hall–Kier alpha value is -0.820. The average Bonchev–Trinajstić information content (AvgIpc) is 2.26. The van der Waals surface area contributed by atoms with Crippen molar-refractivity contribution >= 4 is 26.7 Å². The minimum absolute atomic E-state index is 0.215. The molecule has 90 valence electrons. The van der Waals surface area contributed by atoms with E-state index < -0.39 is 0 Å². The largest absolute Gasteiger partial charge is 0.0893 e. The van der Waals surface area contributed by atoms with Gasteiger partial charge in [0.1, 0.15) is 0 Å².